The number of nitrogens with one attached hydrogen (secondary N) is 2. The van der Waals surface area contributed by atoms with Crippen LogP contribution in [-0.4, -0.2) is 16.6 Å². The van der Waals surface area contributed by atoms with Gasteiger partial charge in [-0.2, -0.15) is 0 Å². The Hall–Kier alpha value is -2.14. The molecule has 0 amide bonds. The smallest absolute Gasteiger partial charge is 0.325 e. The standard InChI is InChI=1S/C18H22N2O3/c21-17-15(11-19-18(22)20-17)16(14-9-5-2-6-10-14)23-12-13-7-3-1-4-8-13/h2,5-6,9-11,13,16H,1,3-4,7-8,12H2,(H2,19,20,21,22). The zero-order chi connectivity index (χ0) is 16.1. The van der Waals surface area contributed by atoms with Gasteiger partial charge in [-0.05, 0) is 24.3 Å². The molecule has 1 fully saturated rings. The third kappa shape index (κ3) is 3.99. The lowest BCUT2D eigenvalue weighted by Gasteiger charge is -2.25. The Balaban J connectivity index is 1.84. The van der Waals surface area contributed by atoms with Crippen molar-refractivity contribution < 1.29 is 4.74 Å². The van der Waals surface area contributed by atoms with Crippen LogP contribution in [0.1, 0.15) is 49.3 Å². The van der Waals surface area contributed by atoms with Crippen LogP contribution < -0.4 is 11.2 Å². The molecule has 1 heterocycles. The molecule has 2 aromatic rings. The summed E-state index contributed by atoms with van der Waals surface area (Å²) in [6.45, 7) is 0.637. The number of rotatable bonds is 5. The van der Waals surface area contributed by atoms with E-state index in [0.717, 1.165) is 5.56 Å². The van der Waals surface area contributed by atoms with Crippen molar-refractivity contribution in [2.45, 2.75) is 38.2 Å². The molecule has 1 aromatic carbocycles. The van der Waals surface area contributed by atoms with Gasteiger partial charge in [-0.3, -0.25) is 9.78 Å². The Bertz CT molecular complexity index is 730. The number of aromatic amines is 2. The highest BCUT2D eigenvalue weighted by molar-refractivity contribution is 5.26. The van der Waals surface area contributed by atoms with Crippen molar-refractivity contribution in [3.63, 3.8) is 0 Å². The quantitative estimate of drug-likeness (QED) is 0.891. The van der Waals surface area contributed by atoms with Crippen LogP contribution in [-0.2, 0) is 4.74 Å². The van der Waals surface area contributed by atoms with E-state index in [2.05, 4.69) is 9.97 Å². The molecule has 3 rings (SSSR count). The van der Waals surface area contributed by atoms with E-state index in [-0.39, 0.29) is 0 Å². The molecule has 122 valence electrons. The van der Waals surface area contributed by atoms with Gasteiger partial charge in [0.2, 0.25) is 0 Å². The lowest BCUT2D eigenvalue weighted by molar-refractivity contribution is 0.0410. The van der Waals surface area contributed by atoms with E-state index in [1.165, 1.54) is 38.3 Å². The zero-order valence-corrected chi connectivity index (χ0v) is 13.1. The second kappa shape index (κ2) is 7.42. The van der Waals surface area contributed by atoms with Gasteiger partial charge in [0.1, 0.15) is 6.10 Å². The molecular weight excluding hydrogens is 292 g/mol. The minimum absolute atomic E-state index is 0.397. The molecule has 23 heavy (non-hydrogen) atoms. The molecule has 0 radical (unpaired) electrons. The van der Waals surface area contributed by atoms with Crippen molar-refractivity contribution >= 4 is 0 Å². The lowest BCUT2D eigenvalue weighted by atomic mass is 9.90. The van der Waals surface area contributed by atoms with E-state index in [1.807, 2.05) is 30.3 Å². The number of aromatic nitrogens is 2. The van der Waals surface area contributed by atoms with E-state index < -0.39 is 17.4 Å². The Morgan fingerprint density at radius 2 is 1.83 bits per heavy atom. The first-order valence-electron chi connectivity index (χ1n) is 8.22. The van der Waals surface area contributed by atoms with Crippen molar-refractivity contribution in [1.29, 1.82) is 0 Å². The molecule has 0 spiro atoms. The number of ether oxygens (including phenoxy) is 1. The fourth-order valence-electron chi connectivity index (χ4n) is 3.19. The molecular formula is C18H22N2O3. The van der Waals surface area contributed by atoms with Crippen molar-refractivity contribution in [2.75, 3.05) is 6.61 Å². The van der Waals surface area contributed by atoms with E-state index in [1.54, 1.807) is 0 Å². The summed E-state index contributed by atoms with van der Waals surface area (Å²) in [5.41, 5.74) is 0.455. The molecule has 1 aromatic heterocycles. The highest BCUT2D eigenvalue weighted by Gasteiger charge is 2.21. The van der Waals surface area contributed by atoms with E-state index in [9.17, 15) is 9.59 Å². The zero-order valence-electron chi connectivity index (χ0n) is 13.1. The van der Waals surface area contributed by atoms with Gasteiger partial charge in [0.25, 0.3) is 5.56 Å². The summed E-state index contributed by atoms with van der Waals surface area (Å²) in [6, 6.07) is 9.66. The topological polar surface area (TPSA) is 75.0 Å². The van der Waals surface area contributed by atoms with Gasteiger partial charge in [0, 0.05) is 6.20 Å². The Morgan fingerprint density at radius 3 is 2.52 bits per heavy atom. The Labute approximate surface area is 134 Å². The number of H-pyrrole nitrogens is 2. The Morgan fingerprint density at radius 1 is 1.09 bits per heavy atom. The molecule has 0 aliphatic heterocycles. The Kier molecular flexibility index (Phi) is 5.08. The van der Waals surface area contributed by atoms with Crippen LogP contribution in [0, 0.1) is 5.92 Å². The number of benzene rings is 1. The molecule has 1 aliphatic carbocycles. The van der Waals surface area contributed by atoms with Gasteiger partial charge in [0.15, 0.2) is 0 Å². The largest absolute Gasteiger partial charge is 0.368 e. The van der Waals surface area contributed by atoms with Crippen molar-refractivity contribution in [3.8, 4) is 0 Å². The van der Waals surface area contributed by atoms with Gasteiger partial charge in [0.05, 0.1) is 12.2 Å². The predicted molar refractivity (Wildman–Crippen MR) is 88.5 cm³/mol. The molecule has 2 N–H and O–H groups in total. The summed E-state index contributed by atoms with van der Waals surface area (Å²) in [6.07, 6.45) is 7.18. The van der Waals surface area contributed by atoms with Gasteiger partial charge < -0.3 is 9.72 Å². The summed E-state index contributed by atoms with van der Waals surface area (Å²) < 4.78 is 6.13. The molecule has 0 bridgehead atoms. The van der Waals surface area contributed by atoms with Crippen LogP contribution in [0.4, 0.5) is 0 Å². The van der Waals surface area contributed by atoms with Crippen molar-refractivity contribution in [3.05, 3.63) is 68.5 Å². The van der Waals surface area contributed by atoms with Crippen molar-refractivity contribution in [2.24, 2.45) is 5.92 Å². The highest BCUT2D eigenvalue weighted by atomic mass is 16.5. The fourth-order valence-corrected chi connectivity index (χ4v) is 3.19. The predicted octanol–water partition coefficient (Wildman–Crippen LogP) is 2.75. The second-order valence-electron chi connectivity index (χ2n) is 6.16. The third-order valence-corrected chi connectivity index (χ3v) is 4.46. The molecule has 5 heteroatoms. The molecule has 1 saturated carbocycles. The van der Waals surface area contributed by atoms with Crippen LogP contribution in [0.25, 0.3) is 0 Å². The molecule has 1 aliphatic rings. The van der Waals surface area contributed by atoms with Gasteiger partial charge in [-0.25, -0.2) is 4.79 Å². The lowest BCUT2D eigenvalue weighted by Crippen LogP contribution is -2.28. The SMILES string of the molecule is O=c1[nH]cc(C(OCC2CCCCC2)c2ccccc2)c(=O)[nH]1. The molecule has 5 nitrogen and oxygen atoms in total. The number of hydrogen-bond donors (Lipinski definition) is 2. The van der Waals surface area contributed by atoms with Crippen LogP contribution in [0.15, 0.2) is 46.1 Å². The summed E-state index contributed by atoms with van der Waals surface area (Å²) in [4.78, 5) is 28.2. The average Bonchev–Trinajstić information content (AvgIpc) is 2.58. The highest BCUT2D eigenvalue weighted by Crippen LogP contribution is 2.28. The first kappa shape index (κ1) is 15.7. The third-order valence-electron chi connectivity index (χ3n) is 4.46. The minimum atomic E-state index is -0.502. The van der Waals surface area contributed by atoms with Crippen LogP contribution in [0.3, 0.4) is 0 Å². The van der Waals surface area contributed by atoms with Crippen LogP contribution >= 0.6 is 0 Å². The van der Waals surface area contributed by atoms with E-state index >= 15 is 0 Å². The number of hydrogen-bond acceptors (Lipinski definition) is 3. The first-order valence-corrected chi connectivity index (χ1v) is 8.22. The fraction of sp³-hybridized carbons (Fsp3) is 0.444. The maximum Gasteiger partial charge on any atom is 0.325 e. The maximum absolute atomic E-state index is 12.2. The minimum Gasteiger partial charge on any atom is -0.368 e. The second-order valence-corrected chi connectivity index (χ2v) is 6.16. The summed E-state index contributed by atoms with van der Waals surface area (Å²) >= 11 is 0. The summed E-state index contributed by atoms with van der Waals surface area (Å²) in [5.74, 6) is 0.553. The molecule has 0 saturated heterocycles. The van der Waals surface area contributed by atoms with E-state index in [0.29, 0.717) is 18.1 Å². The monoisotopic (exact) mass is 314 g/mol. The van der Waals surface area contributed by atoms with Gasteiger partial charge in [-0.1, -0.05) is 49.6 Å². The van der Waals surface area contributed by atoms with Gasteiger partial charge >= 0.3 is 5.69 Å². The van der Waals surface area contributed by atoms with Crippen LogP contribution in [0.5, 0.6) is 0 Å². The first-order chi connectivity index (χ1) is 11.2. The van der Waals surface area contributed by atoms with Crippen LogP contribution in [0.2, 0.25) is 0 Å². The molecule has 1 atom stereocenters. The van der Waals surface area contributed by atoms with Crippen molar-refractivity contribution in [1.82, 2.24) is 9.97 Å². The van der Waals surface area contributed by atoms with Gasteiger partial charge in [-0.15, -0.1) is 0 Å². The average molecular weight is 314 g/mol. The van der Waals surface area contributed by atoms with E-state index in [4.69, 9.17) is 4.74 Å². The summed E-state index contributed by atoms with van der Waals surface area (Å²) in [7, 11) is 0. The maximum atomic E-state index is 12.2. The summed E-state index contributed by atoms with van der Waals surface area (Å²) in [5, 5.41) is 0. The molecule has 1 unspecified atom stereocenters. The normalized spacial score (nSPS) is 17.0.